The molecule has 0 spiro atoms. The molecule has 0 atom stereocenters. The molecule has 0 fully saturated rings. The maximum absolute atomic E-state index is 4.26. The average Bonchev–Trinajstić information content (AvgIpc) is 3.20. The minimum absolute atomic E-state index is 0.711. The number of nitrogens with zero attached hydrogens (tertiary/aromatic N) is 4. The monoisotopic (exact) mass is 334 g/mol. The van der Waals surface area contributed by atoms with Crippen molar-refractivity contribution < 1.29 is 0 Å². The van der Waals surface area contributed by atoms with Crippen molar-refractivity contribution in [3.63, 3.8) is 0 Å². The summed E-state index contributed by atoms with van der Waals surface area (Å²) in [5, 5.41) is 10.8. The lowest BCUT2D eigenvalue weighted by molar-refractivity contribution is 0.794. The van der Waals surface area contributed by atoms with Crippen molar-refractivity contribution >= 4 is 5.96 Å². The highest BCUT2D eigenvalue weighted by Gasteiger charge is 2.00. The van der Waals surface area contributed by atoms with Gasteiger partial charge in [0.2, 0.25) is 0 Å². The van der Waals surface area contributed by atoms with Gasteiger partial charge in [0.1, 0.15) is 12.7 Å². The third-order valence-corrected chi connectivity index (χ3v) is 3.85. The Morgan fingerprint density at radius 3 is 2.48 bits per heavy atom. The van der Waals surface area contributed by atoms with Crippen LogP contribution >= 0.6 is 0 Å². The minimum atomic E-state index is 0.711. The van der Waals surface area contributed by atoms with Crippen LogP contribution in [-0.4, -0.2) is 34.3 Å². The fourth-order valence-electron chi connectivity index (χ4n) is 2.48. The van der Waals surface area contributed by atoms with Crippen molar-refractivity contribution in [1.29, 1.82) is 0 Å². The Hall–Kier alpha value is -3.15. The average molecular weight is 334 g/mol. The number of nitrogens with one attached hydrogen (secondary N) is 2. The lowest BCUT2D eigenvalue weighted by Crippen LogP contribution is -2.37. The first-order valence-corrected chi connectivity index (χ1v) is 8.27. The summed E-state index contributed by atoms with van der Waals surface area (Å²) in [6, 6.07) is 18.6. The summed E-state index contributed by atoms with van der Waals surface area (Å²) in [4.78, 5) is 8.22. The second-order valence-corrected chi connectivity index (χ2v) is 5.59. The smallest absolute Gasteiger partial charge is 0.191 e. The highest BCUT2D eigenvalue weighted by Crippen LogP contribution is 2.07. The summed E-state index contributed by atoms with van der Waals surface area (Å²) in [6.45, 7) is 1.55. The summed E-state index contributed by atoms with van der Waals surface area (Å²) in [6.07, 6.45) is 4.18. The molecule has 0 aliphatic carbocycles. The van der Waals surface area contributed by atoms with Gasteiger partial charge in [-0.1, -0.05) is 42.5 Å². The lowest BCUT2D eigenvalue weighted by atomic mass is 10.1. The molecule has 1 aromatic heterocycles. The van der Waals surface area contributed by atoms with Crippen LogP contribution in [0.1, 0.15) is 11.1 Å². The van der Waals surface area contributed by atoms with E-state index < -0.39 is 0 Å². The van der Waals surface area contributed by atoms with Gasteiger partial charge in [-0.05, 0) is 29.7 Å². The molecule has 3 aromatic rings. The molecule has 0 saturated heterocycles. The molecule has 0 unspecified atom stereocenters. The zero-order valence-electron chi connectivity index (χ0n) is 14.3. The Balaban J connectivity index is 1.46. The number of hydrogen-bond donors (Lipinski definition) is 2. The molecule has 6 nitrogen and oxygen atoms in total. The summed E-state index contributed by atoms with van der Waals surface area (Å²) in [7, 11) is 1.78. The maximum Gasteiger partial charge on any atom is 0.191 e. The zero-order chi connectivity index (χ0) is 17.3. The molecule has 2 aromatic carbocycles. The third-order valence-electron chi connectivity index (χ3n) is 3.85. The van der Waals surface area contributed by atoms with Gasteiger partial charge in [0.05, 0.1) is 5.69 Å². The van der Waals surface area contributed by atoms with E-state index in [1.54, 1.807) is 18.1 Å². The van der Waals surface area contributed by atoms with E-state index in [2.05, 4.69) is 62.1 Å². The SMILES string of the molecule is CN=C(NCCc1ccccc1)NCc1ccc(-n2cncn2)cc1. The molecular weight excluding hydrogens is 312 g/mol. The zero-order valence-corrected chi connectivity index (χ0v) is 14.3. The quantitative estimate of drug-likeness (QED) is 0.536. The number of rotatable bonds is 6. The van der Waals surface area contributed by atoms with Gasteiger partial charge in [-0.25, -0.2) is 9.67 Å². The van der Waals surface area contributed by atoms with E-state index in [1.807, 2.05) is 18.2 Å². The van der Waals surface area contributed by atoms with Crippen LogP contribution in [0.25, 0.3) is 5.69 Å². The summed E-state index contributed by atoms with van der Waals surface area (Å²) >= 11 is 0. The van der Waals surface area contributed by atoms with Crippen LogP contribution in [0.5, 0.6) is 0 Å². The van der Waals surface area contributed by atoms with E-state index in [0.29, 0.717) is 6.54 Å². The Morgan fingerprint density at radius 1 is 1.00 bits per heavy atom. The molecule has 128 valence electrons. The number of guanidine groups is 1. The van der Waals surface area contributed by atoms with Crippen molar-refractivity contribution in [2.75, 3.05) is 13.6 Å². The Labute approximate surface area is 147 Å². The molecule has 0 radical (unpaired) electrons. The van der Waals surface area contributed by atoms with Crippen LogP contribution in [0.4, 0.5) is 0 Å². The molecule has 0 aliphatic heterocycles. The molecule has 0 bridgehead atoms. The van der Waals surface area contributed by atoms with Crippen molar-refractivity contribution in [3.05, 3.63) is 78.4 Å². The van der Waals surface area contributed by atoms with Gasteiger partial charge >= 0.3 is 0 Å². The van der Waals surface area contributed by atoms with Crippen molar-refractivity contribution in [1.82, 2.24) is 25.4 Å². The normalized spacial score (nSPS) is 11.3. The molecule has 6 heteroatoms. The Morgan fingerprint density at radius 2 is 1.80 bits per heavy atom. The van der Waals surface area contributed by atoms with Crippen molar-refractivity contribution in [2.24, 2.45) is 4.99 Å². The third kappa shape index (κ3) is 4.91. The first-order valence-electron chi connectivity index (χ1n) is 8.27. The predicted molar refractivity (Wildman–Crippen MR) is 99.7 cm³/mol. The van der Waals surface area contributed by atoms with Gasteiger partial charge < -0.3 is 10.6 Å². The van der Waals surface area contributed by atoms with E-state index in [4.69, 9.17) is 0 Å². The first kappa shape index (κ1) is 16.7. The van der Waals surface area contributed by atoms with Gasteiger partial charge in [0, 0.05) is 20.1 Å². The molecule has 3 rings (SSSR count). The number of benzene rings is 2. The van der Waals surface area contributed by atoms with Crippen LogP contribution in [0.15, 0.2) is 72.2 Å². The Bertz CT molecular complexity index is 779. The molecule has 0 aliphatic rings. The molecule has 1 heterocycles. The summed E-state index contributed by atoms with van der Waals surface area (Å²) in [5.41, 5.74) is 3.48. The highest BCUT2D eigenvalue weighted by atomic mass is 15.3. The molecule has 0 amide bonds. The van der Waals surface area contributed by atoms with Gasteiger partial charge in [0.15, 0.2) is 5.96 Å². The van der Waals surface area contributed by atoms with Crippen molar-refractivity contribution in [3.8, 4) is 5.69 Å². The van der Waals surface area contributed by atoms with E-state index in [9.17, 15) is 0 Å². The van der Waals surface area contributed by atoms with Crippen LogP contribution in [-0.2, 0) is 13.0 Å². The van der Waals surface area contributed by atoms with E-state index in [0.717, 1.165) is 24.6 Å². The number of hydrogen-bond acceptors (Lipinski definition) is 3. The summed E-state index contributed by atoms with van der Waals surface area (Å²) in [5.74, 6) is 0.802. The Kier molecular flexibility index (Phi) is 5.77. The van der Waals surface area contributed by atoms with Gasteiger partial charge in [-0.15, -0.1) is 0 Å². The number of aromatic nitrogens is 3. The fourth-order valence-corrected chi connectivity index (χ4v) is 2.48. The first-order chi connectivity index (χ1) is 12.3. The van der Waals surface area contributed by atoms with Gasteiger partial charge in [0.25, 0.3) is 0 Å². The molecular formula is C19H22N6. The number of aliphatic imine (C=N–C) groups is 1. The molecule has 25 heavy (non-hydrogen) atoms. The second-order valence-electron chi connectivity index (χ2n) is 5.59. The summed E-state index contributed by atoms with van der Waals surface area (Å²) < 4.78 is 1.74. The minimum Gasteiger partial charge on any atom is -0.356 e. The largest absolute Gasteiger partial charge is 0.356 e. The van der Waals surface area contributed by atoms with Crippen LogP contribution < -0.4 is 10.6 Å². The van der Waals surface area contributed by atoms with Crippen molar-refractivity contribution in [2.45, 2.75) is 13.0 Å². The van der Waals surface area contributed by atoms with Gasteiger partial charge in [-0.2, -0.15) is 5.10 Å². The van der Waals surface area contributed by atoms with Crippen LogP contribution in [0.3, 0.4) is 0 Å². The molecule has 2 N–H and O–H groups in total. The van der Waals surface area contributed by atoms with E-state index in [-0.39, 0.29) is 0 Å². The van der Waals surface area contributed by atoms with Crippen LogP contribution in [0, 0.1) is 0 Å². The lowest BCUT2D eigenvalue weighted by Gasteiger charge is -2.12. The fraction of sp³-hybridized carbons (Fsp3) is 0.211. The van der Waals surface area contributed by atoms with Gasteiger partial charge in [-0.3, -0.25) is 4.99 Å². The predicted octanol–water partition coefficient (Wildman–Crippen LogP) is 2.17. The van der Waals surface area contributed by atoms with E-state index >= 15 is 0 Å². The molecule has 0 saturated carbocycles. The van der Waals surface area contributed by atoms with E-state index in [1.165, 1.54) is 17.5 Å². The highest BCUT2D eigenvalue weighted by molar-refractivity contribution is 5.79. The topological polar surface area (TPSA) is 67.1 Å². The standard InChI is InChI=1S/C19H22N6/c1-20-19(22-12-11-16-5-3-2-4-6-16)23-13-17-7-9-18(10-8-17)25-15-21-14-24-25/h2-10,14-15H,11-13H2,1H3,(H2,20,22,23). The van der Waals surface area contributed by atoms with Crippen LogP contribution in [0.2, 0.25) is 0 Å². The maximum atomic E-state index is 4.26. The second kappa shape index (κ2) is 8.63.